The van der Waals surface area contributed by atoms with E-state index in [0.29, 0.717) is 0 Å². The van der Waals surface area contributed by atoms with Gasteiger partial charge >= 0.3 is 0 Å². The summed E-state index contributed by atoms with van der Waals surface area (Å²) in [6.07, 6.45) is 0. The van der Waals surface area contributed by atoms with Crippen molar-refractivity contribution in [3.8, 4) is 39.1 Å². The van der Waals surface area contributed by atoms with Crippen molar-refractivity contribution >= 4 is 81.1 Å². The quantitative estimate of drug-likeness (QED) is 0.162. The Bertz CT molecular complexity index is 3810. The van der Waals surface area contributed by atoms with Gasteiger partial charge in [0.2, 0.25) is 0 Å². The number of para-hydroxylation sites is 1. The van der Waals surface area contributed by atoms with Gasteiger partial charge < -0.3 is 9.47 Å². The van der Waals surface area contributed by atoms with Crippen LogP contribution in [0.25, 0.3) is 91.8 Å². The van der Waals surface area contributed by atoms with Gasteiger partial charge in [0.1, 0.15) is 0 Å². The van der Waals surface area contributed by atoms with E-state index in [4.69, 9.17) is 0 Å². The molecule has 3 heteroatoms. The number of rotatable bonds is 6. The van der Waals surface area contributed by atoms with Crippen LogP contribution in [-0.4, -0.2) is 4.57 Å². The number of benzene rings is 10. The average Bonchev–Trinajstić information content (AvgIpc) is 3.97. The summed E-state index contributed by atoms with van der Waals surface area (Å²) >= 11 is 1.88. The molecule has 0 unspecified atom stereocenters. The van der Waals surface area contributed by atoms with E-state index in [2.05, 4.69) is 242 Å². The van der Waals surface area contributed by atoms with Crippen LogP contribution in [-0.2, 0) is 5.41 Å². The van der Waals surface area contributed by atoms with Gasteiger partial charge in [0.15, 0.2) is 0 Å². The van der Waals surface area contributed by atoms with Crippen LogP contribution >= 0.6 is 11.3 Å². The molecule has 0 saturated carbocycles. The van der Waals surface area contributed by atoms with Crippen LogP contribution in [0.15, 0.2) is 218 Å². The van der Waals surface area contributed by atoms with Crippen molar-refractivity contribution < 1.29 is 0 Å². The van der Waals surface area contributed by atoms with Gasteiger partial charge in [0, 0.05) is 58.8 Å². The molecule has 2 aromatic heterocycles. The molecule has 2 heterocycles. The maximum absolute atomic E-state index is 2.43. The average molecular weight is 835 g/mol. The molecule has 0 fully saturated rings. The van der Waals surface area contributed by atoms with E-state index in [1.54, 1.807) is 0 Å². The highest BCUT2D eigenvalue weighted by Gasteiger charge is 2.35. The molecule has 64 heavy (non-hydrogen) atoms. The lowest BCUT2D eigenvalue weighted by Gasteiger charge is -2.28. The fourth-order valence-electron chi connectivity index (χ4n) is 10.7. The summed E-state index contributed by atoms with van der Waals surface area (Å²) in [5.41, 5.74) is 17.2. The standard InChI is InChI=1S/C61H42N2S/c1-61(2)54-21-8-5-16-48(54)49-35-34-45(38-55(49)61)62(44-32-27-41(28-33-44)47-19-12-20-52-51-18-7-10-24-59(51)64-60(47)52)43-30-25-39(26-31-43)42-29-36-58-53(37-42)50-17-6-9-22-57(50)63(58)56-23-11-14-40-13-3-4-15-46(40)56/h3-38H,1-2H3. The fourth-order valence-corrected chi connectivity index (χ4v) is 11.9. The number of fused-ring (bicyclic) bond motifs is 10. The number of aromatic nitrogens is 1. The lowest BCUT2D eigenvalue weighted by molar-refractivity contribution is 0.660. The fraction of sp³-hybridized carbons (Fsp3) is 0.0492. The maximum Gasteiger partial charge on any atom is 0.0541 e. The van der Waals surface area contributed by atoms with Gasteiger partial charge in [-0.15, -0.1) is 11.3 Å². The third-order valence-electron chi connectivity index (χ3n) is 13.8. The molecule has 1 aliphatic carbocycles. The smallest absolute Gasteiger partial charge is 0.0541 e. The monoisotopic (exact) mass is 834 g/mol. The zero-order valence-electron chi connectivity index (χ0n) is 35.6. The summed E-state index contributed by atoms with van der Waals surface area (Å²) in [6, 6.07) is 80.8. The van der Waals surface area contributed by atoms with E-state index in [9.17, 15) is 0 Å². The highest BCUT2D eigenvalue weighted by atomic mass is 32.1. The second-order valence-electron chi connectivity index (χ2n) is 17.7. The van der Waals surface area contributed by atoms with Crippen LogP contribution in [0.3, 0.4) is 0 Å². The van der Waals surface area contributed by atoms with Gasteiger partial charge in [0.05, 0.1) is 16.7 Å². The van der Waals surface area contributed by atoms with Gasteiger partial charge in [-0.2, -0.15) is 0 Å². The van der Waals surface area contributed by atoms with Crippen molar-refractivity contribution in [2.24, 2.45) is 0 Å². The zero-order chi connectivity index (χ0) is 42.5. The second kappa shape index (κ2) is 14.2. The zero-order valence-corrected chi connectivity index (χ0v) is 36.4. The normalized spacial score (nSPS) is 13.0. The van der Waals surface area contributed by atoms with E-state index < -0.39 is 0 Å². The number of thiophene rings is 1. The minimum atomic E-state index is -0.111. The van der Waals surface area contributed by atoms with Gasteiger partial charge in [-0.05, 0) is 117 Å². The van der Waals surface area contributed by atoms with E-state index in [-0.39, 0.29) is 5.41 Å². The van der Waals surface area contributed by atoms with Crippen molar-refractivity contribution in [2.75, 3.05) is 4.90 Å². The van der Waals surface area contributed by atoms with E-state index in [0.717, 1.165) is 17.1 Å². The first-order valence-electron chi connectivity index (χ1n) is 22.2. The first kappa shape index (κ1) is 36.9. The number of hydrogen-bond acceptors (Lipinski definition) is 2. The van der Waals surface area contributed by atoms with Crippen LogP contribution in [0.1, 0.15) is 25.0 Å². The summed E-state index contributed by atoms with van der Waals surface area (Å²) in [5.74, 6) is 0. The van der Waals surface area contributed by atoms with Gasteiger partial charge in [0.25, 0.3) is 0 Å². The van der Waals surface area contributed by atoms with Crippen LogP contribution in [0.5, 0.6) is 0 Å². The molecular formula is C61H42N2S. The summed E-state index contributed by atoms with van der Waals surface area (Å²) in [5, 5.41) is 7.64. The molecule has 13 rings (SSSR count). The molecule has 0 amide bonds. The topological polar surface area (TPSA) is 8.17 Å². The Morgan fingerprint density at radius 2 is 0.984 bits per heavy atom. The Labute approximate surface area is 376 Å². The van der Waals surface area contributed by atoms with Gasteiger partial charge in [-0.25, -0.2) is 0 Å². The minimum absolute atomic E-state index is 0.111. The van der Waals surface area contributed by atoms with Crippen LogP contribution in [0.4, 0.5) is 17.1 Å². The Kier molecular flexibility index (Phi) is 8.16. The van der Waals surface area contributed by atoms with Crippen molar-refractivity contribution in [1.29, 1.82) is 0 Å². The molecule has 2 nitrogen and oxygen atoms in total. The van der Waals surface area contributed by atoms with Crippen LogP contribution in [0.2, 0.25) is 0 Å². The highest BCUT2D eigenvalue weighted by Crippen LogP contribution is 2.51. The third-order valence-corrected chi connectivity index (χ3v) is 15.0. The van der Waals surface area contributed by atoms with Crippen LogP contribution in [0, 0.1) is 0 Å². The number of anilines is 3. The molecule has 0 atom stereocenters. The molecular weight excluding hydrogens is 793 g/mol. The largest absolute Gasteiger partial charge is 0.310 e. The Morgan fingerprint density at radius 1 is 0.391 bits per heavy atom. The van der Waals surface area contributed by atoms with Gasteiger partial charge in [-0.3, -0.25) is 0 Å². The maximum atomic E-state index is 2.43. The lowest BCUT2D eigenvalue weighted by atomic mass is 9.82. The van der Waals surface area contributed by atoms with Crippen molar-refractivity contribution in [2.45, 2.75) is 19.3 Å². The van der Waals surface area contributed by atoms with Gasteiger partial charge in [-0.1, -0.05) is 166 Å². The summed E-state index contributed by atoms with van der Waals surface area (Å²) < 4.78 is 5.09. The second-order valence-corrected chi connectivity index (χ2v) is 18.7. The van der Waals surface area contributed by atoms with E-state index in [1.807, 2.05) is 11.3 Å². The Hall–Kier alpha value is -7.72. The van der Waals surface area contributed by atoms with Crippen LogP contribution < -0.4 is 4.90 Å². The summed E-state index contributed by atoms with van der Waals surface area (Å²) in [6.45, 7) is 4.72. The molecule has 0 bridgehead atoms. The van der Waals surface area contributed by atoms with Crippen molar-refractivity contribution in [3.05, 3.63) is 230 Å². The van der Waals surface area contributed by atoms with E-state index >= 15 is 0 Å². The number of nitrogens with zero attached hydrogens (tertiary/aromatic N) is 2. The summed E-state index contributed by atoms with van der Waals surface area (Å²) in [7, 11) is 0. The molecule has 12 aromatic rings. The predicted molar refractivity (Wildman–Crippen MR) is 274 cm³/mol. The first-order valence-corrected chi connectivity index (χ1v) is 23.0. The van der Waals surface area contributed by atoms with Crippen molar-refractivity contribution in [1.82, 2.24) is 4.57 Å². The number of hydrogen-bond donors (Lipinski definition) is 0. The van der Waals surface area contributed by atoms with Crippen molar-refractivity contribution in [3.63, 3.8) is 0 Å². The molecule has 0 saturated heterocycles. The predicted octanol–water partition coefficient (Wildman–Crippen LogP) is 17.4. The Morgan fingerprint density at radius 3 is 1.83 bits per heavy atom. The minimum Gasteiger partial charge on any atom is -0.310 e. The summed E-state index contributed by atoms with van der Waals surface area (Å²) in [4.78, 5) is 2.42. The molecule has 0 radical (unpaired) electrons. The first-order chi connectivity index (χ1) is 31.5. The molecule has 0 spiro atoms. The van der Waals surface area contributed by atoms with E-state index in [1.165, 1.54) is 103 Å². The molecule has 10 aromatic carbocycles. The molecule has 302 valence electrons. The third kappa shape index (κ3) is 5.57. The SMILES string of the molecule is CC1(C)c2ccccc2-c2ccc(N(c3ccc(-c4ccc5c(c4)c4ccccc4n5-c4cccc5ccccc45)cc3)c3ccc(-c4cccc5c4sc4ccccc45)cc3)cc21. The molecule has 1 aliphatic rings. The lowest BCUT2D eigenvalue weighted by Crippen LogP contribution is -2.16. The Balaban J connectivity index is 0.918. The molecule has 0 aliphatic heterocycles. The highest BCUT2D eigenvalue weighted by molar-refractivity contribution is 7.26. The molecule has 0 N–H and O–H groups in total.